The molecule has 2 rings (SSSR count). The van der Waals surface area contributed by atoms with Gasteiger partial charge in [-0.05, 0) is 32.4 Å². The second kappa shape index (κ2) is 5.83. The van der Waals surface area contributed by atoms with Gasteiger partial charge in [-0.15, -0.1) is 0 Å². The maximum atomic E-state index is 5.10. The fourth-order valence-electron chi connectivity index (χ4n) is 1.99. The van der Waals surface area contributed by atoms with Crippen LogP contribution in [0.4, 0.5) is 5.69 Å². The van der Waals surface area contributed by atoms with Gasteiger partial charge in [0.25, 0.3) is 0 Å². The van der Waals surface area contributed by atoms with Gasteiger partial charge in [-0.25, -0.2) is 0 Å². The Hall–Kier alpha value is -1.61. The predicted octanol–water partition coefficient (Wildman–Crippen LogP) is 3.38. The lowest BCUT2D eigenvalue weighted by molar-refractivity contribution is 0.191. The summed E-state index contributed by atoms with van der Waals surface area (Å²) in [6, 6.07) is 10.8. The summed E-state index contributed by atoms with van der Waals surface area (Å²) in [4.78, 5) is 4.62. The summed E-state index contributed by atoms with van der Waals surface area (Å²) in [5.74, 6) is 0. The van der Waals surface area contributed by atoms with Crippen LogP contribution in [0.3, 0.4) is 0 Å². The highest BCUT2D eigenvalue weighted by Crippen LogP contribution is 2.22. The second-order valence-electron chi connectivity index (χ2n) is 4.66. The lowest BCUT2D eigenvalue weighted by Crippen LogP contribution is -2.17. The Bertz CT molecular complexity index is 525. The van der Waals surface area contributed by atoms with Crippen molar-refractivity contribution >= 4 is 16.6 Å². The number of benzene rings is 1. The molecule has 0 amide bonds. The summed E-state index contributed by atoms with van der Waals surface area (Å²) in [6.45, 7) is 4.95. The topological polar surface area (TPSA) is 34.1 Å². The second-order valence-corrected chi connectivity index (χ2v) is 4.66. The summed E-state index contributed by atoms with van der Waals surface area (Å²) in [5, 5.41) is 4.68. The number of hydrogen-bond donors (Lipinski definition) is 1. The Kier molecular flexibility index (Phi) is 4.15. The number of rotatable bonds is 5. The Morgan fingerprint density at radius 3 is 2.89 bits per heavy atom. The minimum atomic E-state index is 0.373. The molecule has 0 aliphatic rings. The van der Waals surface area contributed by atoms with Crippen LogP contribution in [0.2, 0.25) is 0 Å². The van der Waals surface area contributed by atoms with Crippen molar-refractivity contribution in [3.8, 4) is 0 Å². The SMILES string of the molecule is COCCC(C)Nc1cccc2ccc(C)nc12. The number of nitrogens with one attached hydrogen (secondary N) is 1. The van der Waals surface area contributed by atoms with Gasteiger partial charge in [-0.1, -0.05) is 18.2 Å². The van der Waals surface area contributed by atoms with Gasteiger partial charge in [0.15, 0.2) is 0 Å². The number of aryl methyl sites for hydroxylation is 1. The largest absolute Gasteiger partial charge is 0.385 e. The van der Waals surface area contributed by atoms with Crippen LogP contribution in [0.5, 0.6) is 0 Å². The van der Waals surface area contributed by atoms with E-state index in [4.69, 9.17) is 4.74 Å². The summed E-state index contributed by atoms with van der Waals surface area (Å²) in [7, 11) is 1.73. The minimum absolute atomic E-state index is 0.373. The molecule has 1 aromatic heterocycles. The van der Waals surface area contributed by atoms with E-state index in [-0.39, 0.29) is 0 Å². The molecule has 1 aromatic carbocycles. The van der Waals surface area contributed by atoms with Crippen molar-refractivity contribution < 1.29 is 4.74 Å². The zero-order chi connectivity index (χ0) is 13.0. The van der Waals surface area contributed by atoms with Crippen LogP contribution in [-0.4, -0.2) is 24.7 Å². The first-order valence-electron chi connectivity index (χ1n) is 6.32. The first-order chi connectivity index (χ1) is 8.70. The van der Waals surface area contributed by atoms with Crippen LogP contribution in [0, 0.1) is 6.92 Å². The van der Waals surface area contributed by atoms with Crippen molar-refractivity contribution in [2.45, 2.75) is 26.3 Å². The molecule has 0 fully saturated rings. The molecule has 0 spiro atoms. The van der Waals surface area contributed by atoms with E-state index in [1.54, 1.807) is 7.11 Å². The fraction of sp³-hybridized carbons (Fsp3) is 0.400. The molecule has 3 heteroatoms. The standard InChI is InChI=1S/C15H20N2O/c1-11-7-8-13-5-4-6-14(15(13)17-11)16-12(2)9-10-18-3/h4-8,12,16H,9-10H2,1-3H3. The third-order valence-corrected chi connectivity index (χ3v) is 3.02. The van der Waals surface area contributed by atoms with Gasteiger partial charge in [-0.3, -0.25) is 4.98 Å². The Morgan fingerprint density at radius 1 is 1.28 bits per heavy atom. The van der Waals surface area contributed by atoms with Crippen LogP contribution in [0.1, 0.15) is 19.0 Å². The van der Waals surface area contributed by atoms with Crippen molar-refractivity contribution in [2.75, 3.05) is 19.0 Å². The molecule has 1 atom stereocenters. The number of nitrogens with zero attached hydrogens (tertiary/aromatic N) is 1. The summed E-state index contributed by atoms with van der Waals surface area (Å²) in [6.07, 6.45) is 0.985. The molecule has 18 heavy (non-hydrogen) atoms. The predicted molar refractivity (Wildman–Crippen MR) is 76.1 cm³/mol. The van der Waals surface area contributed by atoms with Crippen LogP contribution >= 0.6 is 0 Å². The van der Waals surface area contributed by atoms with E-state index in [1.807, 2.05) is 13.0 Å². The molecule has 0 saturated heterocycles. The molecule has 1 heterocycles. The summed E-state index contributed by atoms with van der Waals surface area (Å²) < 4.78 is 5.10. The van der Waals surface area contributed by atoms with E-state index in [9.17, 15) is 0 Å². The number of pyridine rings is 1. The zero-order valence-corrected chi connectivity index (χ0v) is 11.2. The molecule has 2 aromatic rings. The van der Waals surface area contributed by atoms with E-state index in [2.05, 4.69) is 41.5 Å². The van der Waals surface area contributed by atoms with Crippen LogP contribution in [0.25, 0.3) is 10.9 Å². The van der Waals surface area contributed by atoms with Crippen molar-refractivity contribution in [1.29, 1.82) is 0 Å². The average Bonchev–Trinajstić information content (AvgIpc) is 2.37. The van der Waals surface area contributed by atoms with E-state index >= 15 is 0 Å². The highest BCUT2D eigenvalue weighted by molar-refractivity contribution is 5.90. The molecule has 0 saturated carbocycles. The van der Waals surface area contributed by atoms with E-state index in [0.29, 0.717) is 6.04 Å². The molecular weight excluding hydrogens is 224 g/mol. The molecule has 0 aliphatic heterocycles. The van der Waals surface area contributed by atoms with Gasteiger partial charge in [0.1, 0.15) is 0 Å². The monoisotopic (exact) mass is 244 g/mol. The fourth-order valence-corrected chi connectivity index (χ4v) is 1.99. The zero-order valence-electron chi connectivity index (χ0n) is 11.2. The van der Waals surface area contributed by atoms with Crippen molar-refractivity contribution in [3.05, 3.63) is 36.0 Å². The third kappa shape index (κ3) is 2.99. The first-order valence-corrected chi connectivity index (χ1v) is 6.32. The van der Waals surface area contributed by atoms with Crippen LogP contribution in [-0.2, 0) is 4.74 Å². The van der Waals surface area contributed by atoms with E-state index < -0.39 is 0 Å². The Morgan fingerprint density at radius 2 is 2.11 bits per heavy atom. The van der Waals surface area contributed by atoms with Crippen LogP contribution in [0.15, 0.2) is 30.3 Å². The Balaban J connectivity index is 2.24. The number of hydrogen-bond acceptors (Lipinski definition) is 3. The third-order valence-electron chi connectivity index (χ3n) is 3.02. The van der Waals surface area contributed by atoms with Crippen molar-refractivity contribution in [2.24, 2.45) is 0 Å². The Labute approximate surface area is 108 Å². The quantitative estimate of drug-likeness (QED) is 0.875. The number of methoxy groups -OCH3 is 1. The number of para-hydroxylation sites is 1. The van der Waals surface area contributed by atoms with Gasteiger partial charge in [0, 0.05) is 30.8 Å². The maximum absolute atomic E-state index is 5.10. The lowest BCUT2D eigenvalue weighted by Gasteiger charge is -2.16. The number of ether oxygens (including phenoxy) is 1. The number of aromatic nitrogens is 1. The van der Waals surface area contributed by atoms with Gasteiger partial charge >= 0.3 is 0 Å². The summed E-state index contributed by atoms with van der Waals surface area (Å²) >= 11 is 0. The van der Waals surface area contributed by atoms with E-state index in [1.165, 1.54) is 5.39 Å². The van der Waals surface area contributed by atoms with Gasteiger partial charge in [0.05, 0.1) is 11.2 Å². The molecular formula is C15H20N2O. The molecule has 96 valence electrons. The van der Waals surface area contributed by atoms with E-state index in [0.717, 1.165) is 29.9 Å². The highest BCUT2D eigenvalue weighted by Gasteiger charge is 2.06. The average molecular weight is 244 g/mol. The highest BCUT2D eigenvalue weighted by atomic mass is 16.5. The lowest BCUT2D eigenvalue weighted by atomic mass is 10.1. The van der Waals surface area contributed by atoms with Crippen molar-refractivity contribution in [3.63, 3.8) is 0 Å². The molecule has 0 bridgehead atoms. The molecule has 0 radical (unpaired) electrons. The van der Waals surface area contributed by atoms with Gasteiger partial charge in [-0.2, -0.15) is 0 Å². The number of anilines is 1. The number of fused-ring (bicyclic) bond motifs is 1. The normalized spacial score (nSPS) is 12.6. The van der Waals surface area contributed by atoms with Gasteiger partial charge < -0.3 is 10.1 Å². The van der Waals surface area contributed by atoms with Crippen LogP contribution < -0.4 is 5.32 Å². The first kappa shape index (κ1) is 12.8. The summed E-state index contributed by atoms with van der Waals surface area (Å²) in [5.41, 5.74) is 3.18. The van der Waals surface area contributed by atoms with Crippen molar-refractivity contribution in [1.82, 2.24) is 4.98 Å². The smallest absolute Gasteiger partial charge is 0.0936 e. The van der Waals surface area contributed by atoms with Gasteiger partial charge in [0.2, 0.25) is 0 Å². The minimum Gasteiger partial charge on any atom is -0.385 e. The molecule has 1 N–H and O–H groups in total. The molecule has 0 aliphatic carbocycles. The maximum Gasteiger partial charge on any atom is 0.0936 e. The molecule has 1 unspecified atom stereocenters. The molecule has 3 nitrogen and oxygen atoms in total.